The molecule has 0 aliphatic carbocycles. The minimum absolute atomic E-state index is 0.815. The summed E-state index contributed by atoms with van der Waals surface area (Å²) in [6.45, 7) is 5.40. The van der Waals surface area contributed by atoms with Gasteiger partial charge in [-0.3, -0.25) is 4.90 Å². The fraction of sp³-hybridized carbons (Fsp3) is 0.333. The Morgan fingerprint density at radius 3 is 2.00 bits per heavy atom. The van der Waals surface area contributed by atoms with E-state index in [9.17, 15) is 0 Å². The van der Waals surface area contributed by atoms with Crippen LogP contribution in [0.1, 0.15) is 5.56 Å². The first-order valence-corrected chi connectivity index (χ1v) is 7.67. The molecule has 3 rings (SSSR count). The first-order chi connectivity index (χ1) is 10.8. The Hall–Kier alpha value is -2.04. The summed E-state index contributed by atoms with van der Waals surface area (Å²) in [4.78, 5) is 2.47. The molecule has 2 aromatic rings. The van der Waals surface area contributed by atoms with Crippen LogP contribution in [0.25, 0.3) is 0 Å². The maximum Gasteiger partial charge on any atom is 0.127 e. The molecule has 0 aromatic heterocycles. The summed E-state index contributed by atoms with van der Waals surface area (Å²) in [7, 11) is 1.66. The van der Waals surface area contributed by atoms with Crippen molar-refractivity contribution in [1.82, 2.24) is 10.2 Å². The third kappa shape index (κ3) is 4.00. The number of methoxy groups -OCH3 is 1. The third-order valence-corrected chi connectivity index (χ3v) is 3.83. The zero-order valence-corrected chi connectivity index (χ0v) is 12.9. The van der Waals surface area contributed by atoms with Gasteiger partial charge in [-0.05, 0) is 42.0 Å². The van der Waals surface area contributed by atoms with Gasteiger partial charge in [0.05, 0.1) is 7.11 Å². The minimum atomic E-state index is 0.815. The van der Waals surface area contributed by atoms with Crippen molar-refractivity contribution in [2.45, 2.75) is 6.54 Å². The van der Waals surface area contributed by atoms with Gasteiger partial charge in [0.25, 0.3) is 0 Å². The Kier molecular flexibility index (Phi) is 4.93. The molecule has 0 saturated carbocycles. The van der Waals surface area contributed by atoms with Gasteiger partial charge in [-0.2, -0.15) is 0 Å². The van der Waals surface area contributed by atoms with E-state index in [2.05, 4.69) is 22.3 Å². The predicted octanol–water partition coefficient (Wildman–Crippen LogP) is 2.89. The Morgan fingerprint density at radius 2 is 1.41 bits per heavy atom. The molecule has 4 heteroatoms. The second-order valence-corrected chi connectivity index (χ2v) is 5.45. The van der Waals surface area contributed by atoms with Crippen molar-refractivity contribution in [3.8, 4) is 17.2 Å². The maximum atomic E-state index is 5.84. The highest BCUT2D eigenvalue weighted by atomic mass is 16.5. The number of piperazine rings is 1. The number of ether oxygens (including phenoxy) is 2. The zero-order valence-electron chi connectivity index (χ0n) is 12.9. The van der Waals surface area contributed by atoms with Crippen molar-refractivity contribution in [3.05, 3.63) is 54.1 Å². The molecule has 1 saturated heterocycles. The van der Waals surface area contributed by atoms with Crippen LogP contribution in [0.5, 0.6) is 17.2 Å². The number of hydrogen-bond donors (Lipinski definition) is 1. The Morgan fingerprint density at radius 1 is 0.864 bits per heavy atom. The van der Waals surface area contributed by atoms with E-state index in [0.717, 1.165) is 50.0 Å². The molecular formula is C18H22N2O2. The topological polar surface area (TPSA) is 33.7 Å². The van der Waals surface area contributed by atoms with Crippen molar-refractivity contribution in [1.29, 1.82) is 0 Å². The molecule has 0 unspecified atom stereocenters. The van der Waals surface area contributed by atoms with Crippen LogP contribution >= 0.6 is 0 Å². The SMILES string of the molecule is COc1ccc(Oc2ccc(CN3CCNCC3)cc2)cc1. The molecule has 0 bridgehead atoms. The average Bonchev–Trinajstić information content (AvgIpc) is 2.58. The van der Waals surface area contributed by atoms with Gasteiger partial charge in [0.1, 0.15) is 17.2 Å². The number of nitrogens with one attached hydrogen (secondary N) is 1. The van der Waals surface area contributed by atoms with Gasteiger partial charge in [-0.1, -0.05) is 12.1 Å². The molecule has 0 atom stereocenters. The normalized spacial score (nSPS) is 15.5. The Labute approximate surface area is 131 Å². The van der Waals surface area contributed by atoms with Crippen molar-refractivity contribution in [3.63, 3.8) is 0 Å². The number of nitrogens with zero attached hydrogens (tertiary/aromatic N) is 1. The molecule has 1 fully saturated rings. The molecule has 0 amide bonds. The summed E-state index contributed by atoms with van der Waals surface area (Å²) < 4.78 is 11.0. The molecule has 1 aliphatic heterocycles. The van der Waals surface area contributed by atoms with Gasteiger partial charge in [-0.15, -0.1) is 0 Å². The van der Waals surface area contributed by atoms with Crippen LogP contribution in [0.4, 0.5) is 0 Å². The lowest BCUT2D eigenvalue weighted by molar-refractivity contribution is 0.233. The standard InChI is InChI=1S/C18H22N2O2/c1-21-16-6-8-18(9-7-16)22-17-4-2-15(3-5-17)14-20-12-10-19-11-13-20/h2-9,19H,10-14H2,1H3. The van der Waals surface area contributed by atoms with Crippen LogP contribution < -0.4 is 14.8 Å². The highest BCUT2D eigenvalue weighted by molar-refractivity contribution is 5.36. The van der Waals surface area contributed by atoms with Crippen LogP contribution in [-0.2, 0) is 6.54 Å². The monoisotopic (exact) mass is 298 g/mol. The summed E-state index contributed by atoms with van der Waals surface area (Å²) in [5.74, 6) is 2.50. The molecule has 4 nitrogen and oxygen atoms in total. The van der Waals surface area contributed by atoms with Crippen LogP contribution in [0.15, 0.2) is 48.5 Å². The maximum absolute atomic E-state index is 5.84. The van der Waals surface area contributed by atoms with E-state index in [-0.39, 0.29) is 0 Å². The van der Waals surface area contributed by atoms with E-state index in [1.807, 2.05) is 36.4 Å². The van der Waals surface area contributed by atoms with Gasteiger partial charge >= 0.3 is 0 Å². The number of rotatable bonds is 5. The third-order valence-electron chi connectivity index (χ3n) is 3.83. The highest BCUT2D eigenvalue weighted by Gasteiger charge is 2.09. The summed E-state index contributed by atoms with van der Waals surface area (Å²) in [6, 6.07) is 16.0. The van der Waals surface area contributed by atoms with Gasteiger partial charge in [0.2, 0.25) is 0 Å². The largest absolute Gasteiger partial charge is 0.497 e. The zero-order chi connectivity index (χ0) is 15.2. The molecule has 2 aromatic carbocycles. The number of benzene rings is 2. The second-order valence-electron chi connectivity index (χ2n) is 5.45. The summed E-state index contributed by atoms with van der Waals surface area (Å²) >= 11 is 0. The molecule has 1 N–H and O–H groups in total. The smallest absolute Gasteiger partial charge is 0.127 e. The van der Waals surface area contributed by atoms with Crippen LogP contribution in [-0.4, -0.2) is 38.2 Å². The van der Waals surface area contributed by atoms with Crippen molar-refractivity contribution >= 4 is 0 Å². The molecule has 0 radical (unpaired) electrons. The van der Waals surface area contributed by atoms with E-state index in [1.165, 1.54) is 5.56 Å². The fourth-order valence-electron chi connectivity index (χ4n) is 2.57. The van der Waals surface area contributed by atoms with Crippen LogP contribution in [0.3, 0.4) is 0 Å². The number of hydrogen-bond acceptors (Lipinski definition) is 4. The van der Waals surface area contributed by atoms with E-state index in [1.54, 1.807) is 7.11 Å². The lowest BCUT2D eigenvalue weighted by Gasteiger charge is -2.27. The van der Waals surface area contributed by atoms with Crippen molar-refractivity contribution < 1.29 is 9.47 Å². The molecule has 22 heavy (non-hydrogen) atoms. The van der Waals surface area contributed by atoms with Crippen molar-refractivity contribution in [2.75, 3.05) is 33.3 Å². The highest BCUT2D eigenvalue weighted by Crippen LogP contribution is 2.24. The predicted molar refractivity (Wildman–Crippen MR) is 87.7 cm³/mol. The Balaban J connectivity index is 1.58. The molecule has 116 valence electrons. The van der Waals surface area contributed by atoms with E-state index >= 15 is 0 Å². The molecule has 1 aliphatic rings. The summed E-state index contributed by atoms with van der Waals surface area (Å²) in [6.07, 6.45) is 0. The summed E-state index contributed by atoms with van der Waals surface area (Å²) in [5, 5.41) is 3.37. The lowest BCUT2D eigenvalue weighted by atomic mass is 10.2. The van der Waals surface area contributed by atoms with Gasteiger partial charge in [0.15, 0.2) is 0 Å². The quantitative estimate of drug-likeness (QED) is 0.920. The van der Waals surface area contributed by atoms with E-state index in [4.69, 9.17) is 9.47 Å². The molecule has 0 spiro atoms. The first kappa shape index (κ1) is 14.9. The minimum Gasteiger partial charge on any atom is -0.497 e. The Bertz CT molecular complexity index is 575. The van der Waals surface area contributed by atoms with Gasteiger partial charge in [-0.25, -0.2) is 0 Å². The average molecular weight is 298 g/mol. The van der Waals surface area contributed by atoms with Gasteiger partial charge in [0, 0.05) is 32.7 Å². The first-order valence-electron chi connectivity index (χ1n) is 7.67. The van der Waals surface area contributed by atoms with Crippen molar-refractivity contribution in [2.24, 2.45) is 0 Å². The molecule has 1 heterocycles. The van der Waals surface area contributed by atoms with Gasteiger partial charge < -0.3 is 14.8 Å². The van der Waals surface area contributed by atoms with E-state index < -0.39 is 0 Å². The van der Waals surface area contributed by atoms with E-state index in [0.29, 0.717) is 0 Å². The van der Waals surface area contributed by atoms with Crippen LogP contribution in [0.2, 0.25) is 0 Å². The second kappa shape index (κ2) is 7.29. The molecular weight excluding hydrogens is 276 g/mol. The lowest BCUT2D eigenvalue weighted by Crippen LogP contribution is -2.42. The fourth-order valence-corrected chi connectivity index (χ4v) is 2.57. The summed E-state index contributed by atoms with van der Waals surface area (Å²) in [5.41, 5.74) is 1.32. The van der Waals surface area contributed by atoms with Crippen LogP contribution in [0, 0.1) is 0 Å².